The zero-order chi connectivity index (χ0) is 36.0. The highest BCUT2D eigenvalue weighted by Crippen LogP contribution is 2.51. The average Bonchev–Trinajstić information content (AvgIpc) is 3.16. The summed E-state index contributed by atoms with van der Waals surface area (Å²) in [6.07, 6.45) is 9.61. The van der Waals surface area contributed by atoms with Crippen LogP contribution in [0.3, 0.4) is 0 Å². The van der Waals surface area contributed by atoms with Crippen LogP contribution in [0, 0.1) is 0 Å². The van der Waals surface area contributed by atoms with E-state index in [9.17, 15) is 10.2 Å². The van der Waals surface area contributed by atoms with Crippen LogP contribution in [0.25, 0.3) is 21.5 Å². The molecular formula is C44H64N2O4. The van der Waals surface area contributed by atoms with E-state index in [4.69, 9.17) is 9.47 Å². The fourth-order valence-electron chi connectivity index (χ4n) is 7.59. The van der Waals surface area contributed by atoms with Crippen molar-refractivity contribution in [1.29, 1.82) is 0 Å². The van der Waals surface area contributed by atoms with Crippen molar-refractivity contribution in [2.45, 2.75) is 103 Å². The van der Waals surface area contributed by atoms with Crippen molar-refractivity contribution in [3.05, 3.63) is 83.9 Å². The average molecular weight is 685 g/mol. The van der Waals surface area contributed by atoms with Crippen LogP contribution in [0.15, 0.2) is 72.8 Å². The molecule has 0 amide bonds. The third-order valence-electron chi connectivity index (χ3n) is 10.7. The summed E-state index contributed by atoms with van der Waals surface area (Å²) in [5.41, 5.74) is -1.82. The lowest BCUT2D eigenvalue weighted by molar-refractivity contribution is -0.176. The van der Waals surface area contributed by atoms with Gasteiger partial charge in [0.15, 0.2) is 0 Å². The molecule has 0 bridgehead atoms. The van der Waals surface area contributed by atoms with Crippen LogP contribution in [-0.4, -0.2) is 73.5 Å². The summed E-state index contributed by atoms with van der Waals surface area (Å²) in [4.78, 5) is 4.98. The Morgan fingerprint density at radius 1 is 0.460 bits per heavy atom. The Labute approximate surface area is 302 Å². The van der Waals surface area contributed by atoms with Gasteiger partial charge in [0.25, 0.3) is 0 Å². The molecule has 50 heavy (non-hydrogen) atoms. The number of ether oxygens (including phenoxy) is 2. The van der Waals surface area contributed by atoms with Gasteiger partial charge in [0.1, 0.15) is 22.7 Å². The van der Waals surface area contributed by atoms with Gasteiger partial charge in [-0.15, -0.1) is 0 Å². The lowest BCUT2D eigenvalue weighted by atomic mass is 9.67. The van der Waals surface area contributed by atoms with Gasteiger partial charge in [-0.05, 0) is 98.7 Å². The van der Waals surface area contributed by atoms with Crippen molar-refractivity contribution >= 4 is 21.5 Å². The third-order valence-corrected chi connectivity index (χ3v) is 10.7. The Kier molecular flexibility index (Phi) is 15.4. The summed E-state index contributed by atoms with van der Waals surface area (Å²) in [6.45, 7) is 14.2. The number of hydrogen-bond donors (Lipinski definition) is 2. The lowest BCUT2D eigenvalue weighted by Crippen LogP contribution is -2.53. The predicted molar refractivity (Wildman–Crippen MR) is 211 cm³/mol. The van der Waals surface area contributed by atoms with Crippen molar-refractivity contribution in [1.82, 2.24) is 9.80 Å². The van der Waals surface area contributed by atoms with E-state index in [0.717, 1.165) is 122 Å². The molecular weight excluding hydrogens is 620 g/mol. The number of methoxy groups -OCH3 is 2. The van der Waals surface area contributed by atoms with E-state index in [0.29, 0.717) is 25.9 Å². The molecule has 0 saturated carbocycles. The van der Waals surface area contributed by atoms with Crippen LogP contribution >= 0.6 is 0 Å². The zero-order valence-corrected chi connectivity index (χ0v) is 31.8. The number of fused-ring (bicyclic) bond motifs is 2. The van der Waals surface area contributed by atoms with Crippen molar-refractivity contribution in [3.63, 3.8) is 0 Å². The number of rotatable bonds is 23. The Bertz CT molecular complexity index is 1470. The summed E-state index contributed by atoms with van der Waals surface area (Å²) < 4.78 is 11.6. The van der Waals surface area contributed by atoms with Crippen LogP contribution in [0.2, 0.25) is 0 Å². The van der Waals surface area contributed by atoms with Crippen molar-refractivity contribution in [2.24, 2.45) is 0 Å². The maximum atomic E-state index is 13.8. The van der Waals surface area contributed by atoms with E-state index in [1.54, 1.807) is 14.2 Å². The molecule has 2 atom stereocenters. The molecule has 0 fully saturated rings. The number of benzene rings is 4. The van der Waals surface area contributed by atoms with Crippen LogP contribution in [0.1, 0.15) is 103 Å². The minimum absolute atomic E-state index is 0.373. The molecule has 4 aromatic rings. The van der Waals surface area contributed by atoms with Crippen LogP contribution in [0.4, 0.5) is 0 Å². The normalized spacial score (nSPS) is 14.4. The SMILES string of the molecule is CCCCN(CCCC)CC[C@@](O)(c1ccc(OC)c2ccccc12)[C@](O)(CCN(CCCC)CCCC)c1ccc(OC)c2ccccc12. The Morgan fingerprint density at radius 2 is 0.780 bits per heavy atom. The molecule has 0 aliphatic heterocycles. The van der Waals surface area contributed by atoms with Crippen LogP contribution in [0.5, 0.6) is 11.5 Å². The topological polar surface area (TPSA) is 65.4 Å². The summed E-state index contributed by atoms with van der Waals surface area (Å²) in [7, 11) is 3.38. The lowest BCUT2D eigenvalue weighted by Gasteiger charge is -2.47. The van der Waals surface area contributed by atoms with E-state index in [1.807, 2.05) is 60.7 Å². The third kappa shape index (κ3) is 9.00. The minimum atomic E-state index is -1.64. The van der Waals surface area contributed by atoms with E-state index < -0.39 is 11.2 Å². The first-order chi connectivity index (χ1) is 24.3. The molecule has 0 spiro atoms. The van der Waals surface area contributed by atoms with Crippen LogP contribution in [-0.2, 0) is 11.2 Å². The highest BCUT2D eigenvalue weighted by molar-refractivity contribution is 5.94. The Balaban J connectivity index is 2.00. The number of aliphatic hydroxyl groups is 2. The van der Waals surface area contributed by atoms with Gasteiger partial charge in [0, 0.05) is 23.9 Å². The second-order valence-electron chi connectivity index (χ2n) is 14.0. The molecule has 6 heteroatoms. The van der Waals surface area contributed by atoms with Gasteiger partial charge in [-0.3, -0.25) is 0 Å². The molecule has 0 aliphatic rings. The second kappa shape index (κ2) is 19.4. The minimum Gasteiger partial charge on any atom is -0.496 e. The number of nitrogens with zero attached hydrogens (tertiary/aromatic N) is 2. The second-order valence-corrected chi connectivity index (χ2v) is 14.0. The van der Waals surface area contributed by atoms with E-state index in [1.165, 1.54) is 0 Å². The van der Waals surface area contributed by atoms with Crippen molar-refractivity contribution in [2.75, 3.05) is 53.5 Å². The number of hydrogen-bond acceptors (Lipinski definition) is 6. The maximum Gasteiger partial charge on any atom is 0.126 e. The van der Waals surface area contributed by atoms with Crippen molar-refractivity contribution < 1.29 is 19.7 Å². The highest BCUT2D eigenvalue weighted by atomic mass is 16.5. The van der Waals surface area contributed by atoms with E-state index in [-0.39, 0.29) is 0 Å². The molecule has 0 radical (unpaired) electrons. The van der Waals surface area contributed by atoms with Gasteiger partial charge < -0.3 is 29.5 Å². The fraction of sp³-hybridized carbons (Fsp3) is 0.545. The molecule has 0 saturated heterocycles. The quantitative estimate of drug-likeness (QED) is 0.0811. The summed E-state index contributed by atoms with van der Waals surface area (Å²) >= 11 is 0. The summed E-state index contributed by atoms with van der Waals surface area (Å²) in [5, 5.41) is 31.2. The Hall–Kier alpha value is -3.16. The maximum absolute atomic E-state index is 13.8. The largest absolute Gasteiger partial charge is 0.496 e. The molecule has 0 heterocycles. The smallest absolute Gasteiger partial charge is 0.126 e. The first kappa shape index (κ1) is 39.6. The van der Waals surface area contributed by atoms with Gasteiger partial charge in [-0.1, -0.05) is 114 Å². The van der Waals surface area contributed by atoms with Crippen molar-refractivity contribution in [3.8, 4) is 11.5 Å². The highest BCUT2D eigenvalue weighted by Gasteiger charge is 2.53. The monoisotopic (exact) mass is 684 g/mol. The Morgan fingerprint density at radius 3 is 1.08 bits per heavy atom. The van der Waals surface area contributed by atoms with E-state index >= 15 is 0 Å². The standard InChI is InChI=1S/C44H64N2O4/c1-7-11-29-45(30-12-8-2)33-27-43(47,39-23-25-41(49-5)37-21-17-15-19-35(37)39)44(48,28-34-46(31-13-9-3)32-14-10-4)40-24-26-42(50-6)38-22-18-16-20-36(38)40/h15-26,47-48H,7-14,27-34H2,1-6H3/t43-,44+. The predicted octanol–water partition coefficient (Wildman–Crippen LogP) is 9.67. The number of unbranched alkanes of at least 4 members (excludes halogenated alkanes) is 4. The molecule has 6 nitrogen and oxygen atoms in total. The molecule has 4 aromatic carbocycles. The first-order valence-corrected chi connectivity index (χ1v) is 19.3. The molecule has 0 unspecified atom stereocenters. The molecule has 274 valence electrons. The van der Waals surface area contributed by atoms with E-state index in [2.05, 4.69) is 49.6 Å². The zero-order valence-electron chi connectivity index (χ0n) is 31.8. The molecule has 2 N–H and O–H groups in total. The summed E-state index contributed by atoms with van der Waals surface area (Å²) in [6, 6.07) is 24.2. The summed E-state index contributed by atoms with van der Waals surface area (Å²) in [5.74, 6) is 1.51. The fourth-order valence-corrected chi connectivity index (χ4v) is 7.59. The first-order valence-electron chi connectivity index (χ1n) is 19.3. The molecule has 4 rings (SSSR count). The van der Waals surface area contributed by atoms with Gasteiger partial charge in [-0.2, -0.15) is 0 Å². The van der Waals surface area contributed by atoms with Gasteiger partial charge in [-0.25, -0.2) is 0 Å². The molecule has 0 aliphatic carbocycles. The van der Waals surface area contributed by atoms with Crippen LogP contribution < -0.4 is 9.47 Å². The van der Waals surface area contributed by atoms with Gasteiger partial charge >= 0.3 is 0 Å². The molecule has 0 aromatic heterocycles. The van der Waals surface area contributed by atoms with Gasteiger partial charge in [0.2, 0.25) is 0 Å². The van der Waals surface area contributed by atoms with Gasteiger partial charge in [0.05, 0.1) is 14.2 Å².